The highest BCUT2D eigenvalue weighted by atomic mass is 19.4. The molecule has 2 N–H and O–H groups in total. The van der Waals surface area contributed by atoms with Gasteiger partial charge in [0, 0.05) is 18.3 Å². The van der Waals surface area contributed by atoms with Gasteiger partial charge >= 0.3 is 12.1 Å². The number of rotatable bonds is 2. The summed E-state index contributed by atoms with van der Waals surface area (Å²) in [4.78, 5) is 3.24. The molecule has 2 rings (SSSR count). The van der Waals surface area contributed by atoms with Gasteiger partial charge in [-0.3, -0.25) is 4.68 Å². The average molecular weight is 261 g/mol. The van der Waals surface area contributed by atoms with Crippen molar-refractivity contribution in [1.82, 2.24) is 19.9 Å². The van der Waals surface area contributed by atoms with E-state index in [-0.39, 0.29) is 5.82 Å². The second-order valence-corrected chi connectivity index (χ2v) is 3.74. The molecule has 0 saturated carbocycles. The topological polar surface area (TPSA) is 82.8 Å². The number of hydrogen-bond donors (Lipinski definition) is 1. The van der Waals surface area contributed by atoms with Gasteiger partial charge in [0.15, 0.2) is 5.82 Å². The van der Waals surface area contributed by atoms with E-state index in [1.807, 2.05) is 0 Å². The smallest absolute Gasteiger partial charge is 0.329 e. The van der Waals surface area contributed by atoms with Crippen molar-refractivity contribution in [3.05, 3.63) is 29.2 Å². The highest BCUT2D eigenvalue weighted by molar-refractivity contribution is 5.25. The third-order valence-corrected chi connectivity index (χ3v) is 2.57. The molecule has 0 amide bonds. The van der Waals surface area contributed by atoms with Gasteiger partial charge in [0.1, 0.15) is 0 Å². The van der Waals surface area contributed by atoms with Crippen LogP contribution in [0.5, 0.6) is 0 Å². The minimum atomic E-state index is -4.67. The van der Waals surface area contributed by atoms with Crippen LogP contribution in [0.15, 0.2) is 10.7 Å². The van der Waals surface area contributed by atoms with Crippen molar-refractivity contribution >= 4 is 0 Å². The number of aromatic nitrogens is 4. The second kappa shape index (κ2) is 4.09. The number of aryl methyl sites for hydroxylation is 1. The number of nitrogens with two attached hydrogens (primary N) is 1. The quantitative estimate of drug-likeness (QED) is 0.877. The minimum absolute atomic E-state index is 0.224. The maximum absolute atomic E-state index is 12.3. The zero-order valence-electron chi connectivity index (χ0n) is 9.56. The molecule has 0 bridgehead atoms. The van der Waals surface area contributed by atoms with Crippen LogP contribution in [0.3, 0.4) is 0 Å². The third-order valence-electron chi connectivity index (χ3n) is 2.57. The van der Waals surface area contributed by atoms with Gasteiger partial charge in [0.25, 0.3) is 0 Å². The van der Waals surface area contributed by atoms with Crippen molar-refractivity contribution in [2.75, 3.05) is 0 Å². The lowest BCUT2D eigenvalue weighted by molar-refractivity contribution is -0.159. The lowest BCUT2D eigenvalue weighted by Gasteiger charge is -2.05. The van der Waals surface area contributed by atoms with Crippen LogP contribution >= 0.6 is 0 Å². The molecule has 0 aromatic carbocycles. The molecule has 2 aromatic heterocycles. The van der Waals surface area contributed by atoms with E-state index in [4.69, 9.17) is 5.73 Å². The largest absolute Gasteiger partial charge is 0.471 e. The van der Waals surface area contributed by atoms with Crippen LogP contribution in [0.25, 0.3) is 0 Å². The first-order valence-corrected chi connectivity index (χ1v) is 4.95. The molecule has 0 radical (unpaired) electrons. The fourth-order valence-corrected chi connectivity index (χ4v) is 1.44. The number of alkyl halides is 3. The summed E-state index contributed by atoms with van der Waals surface area (Å²) in [6.07, 6.45) is -3.21. The summed E-state index contributed by atoms with van der Waals surface area (Å²) >= 11 is 0. The Morgan fingerprint density at radius 3 is 2.56 bits per heavy atom. The minimum Gasteiger partial charge on any atom is -0.329 e. The van der Waals surface area contributed by atoms with Gasteiger partial charge in [-0.2, -0.15) is 23.3 Å². The van der Waals surface area contributed by atoms with Crippen molar-refractivity contribution in [2.24, 2.45) is 12.8 Å². The average Bonchev–Trinajstić information content (AvgIpc) is 2.86. The Balaban J connectivity index is 2.32. The lowest BCUT2D eigenvalue weighted by atomic mass is 10.1. The van der Waals surface area contributed by atoms with E-state index in [1.165, 1.54) is 6.20 Å². The predicted molar refractivity (Wildman–Crippen MR) is 53.3 cm³/mol. The van der Waals surface area contributed by atoms with Crippen molar-refractivity contribution < 1.29 is 17.7 Å². The fraction of sp³-hybridized carbons (Fsp3) is 0.444. The van der Waals surface area contributed by atoms with E-state index in [2.05, 4.69) is 19.8 Å². The molecular formula is C9H10F3N5O. The molecule has 0 spiro atoms. The molecular weight excluding hydrogens is 251 g/mol. The van der Waals surface area contributed by atoms with Crippen molar-refractivity contribution in [2.45, 2.75) is 19.1 Å². The Kier molecular flexibility index (Phi) is 2.85. The molecule has 0 aliphatic carbocycles. The molecule has 0 aliphatic rings. The van der Waals surface area contributed by atoms with Crippen LogP contribution in [-0.4, -0.2) is 19.9 Å². The van der Waals surface area contributed by atoms with E-state index in [0.717, 1.165) is 5.69 Å². The van der Waals surface area contributed by atoms with Gasteiger partial charge in [-0.15, -0.1) is 0 Å². The number of nitrogens with zero attached hydrogens (tertiary/aromatic N) is 4. The first-order chi connectivity index (χ1) is 8.30. The van der Waals surface area contributed by atoms with Crippen LogP contribution in [-0.2, 0) is 13.2 Å². The molecule has 0 aliphatic heterocycles. The summed E-state index contributed by atoms with van der Waals surface area (Å²) in [5, 5.41) is 7.19. The van der Waals surface area contributed by atoms with Crippen molar-refractivity contribution in [3.8, 4) is 0 Å². The SMILES string of the molecule is Cc1c(C(N)c2noc(C(F)(F)F)n2)cnn1C. The van der Waals surface area contributed by atoms with Gasteiger partial charge in [0.2, 0.25) is 0 Å². The standard InChI is InChI=1S/C9H10F3N5O/c1-4-5(3-14-17(4)2)6(13)7-15-8(18-16-7)9(10,11)12/h3,6H,13H2,1-2H3. The first-order valence-electron chi connectivity index (χ1n) is 4.95. The van der Waals surface area contributed by atoms with Crippen LogP contribution in [0.1, 0.15) is 29.0 Å². The highest BCUT2D eigenvalue weighted by Gasteiger charge is 2.39. The van der Waals surface area contributed by atoms with E-state index in [1.54, 1.807) is 18.7 Å². The van der Waals surface area contributed by atoms with Crippen LogP contribution in [0.2, 0.25) is 0 Å². The maximum Gasteiger partial charge on any atom is 0.471 e. The summed E-state index contributed by atoms with van der Waals surface area (Å²) in [5.41, 5.74) is 7.05. The van der Waals surface area contributed by atoms with E-state index in [0.29, 0.717) is 5.56 Å². The summed E-state index contributed by atoms with van der Waals surface area (Å²) in [5.74, 6) is -1.63. The van der Waals surface area contributed by atoms with Gasteiger partial charge in [-0.1, -0.05) is 5.16 Å². The zero-order chi connectivity index (χ0) is 13.5. The predicted octanol–water partition coefficient (Wildman–Crippen LogP) is 1.18. The molecule has 18 heavy (non-hydrogen) atoms. The molecule has 98 valence electrons. The molecule has 9 heteroatoms. The normalized spacial score (nSPS) is 13.9. The zero-order valence-corrected chi connectivity index (χ0v) is 9.56. The first kappa shape index (κ1) is 12.6. The van der Waals surface area contributed by atoms with Crippen molar-refractivity contribution in [3.63, 3.8) is 0 Å². The Hall–Kier alpha value is -1.90. The molecule has 1 unspecified atom stereocenters. The number of halogens is 3. The van der Waals surface area contributed by atoms with E-state index >= 15 is 0 Å². The maximum atomic E-state index is 12.3. The second-order valence-electron chi connectivity index (χ2n) is 3.74. The molecule has 0 fully saturated rings. The lowest BCUT2D eigenvalue weighted by Crippen LogP contribution is -2.15. The summed E-state index contributed by atoms with van der Waals surface area (Å²) in [6, 6.07) is -0.904. The Bertz CT molecular complexity index is 559. The molecule has 0 saturated heterocycles. The fourth-order valence-electron chi connectivity index (χ4n) is 1.44. The van der Waals surface area contributed by atoms with Crippen LogP contribution in [0, 0.1) is 6.92 Å². The highest BCUT2D eigenvalue weighted by Crippen LogP contribution is 2.29. The molecule has 1 atom stereocenters. The Morgan fingerprint density at radius 1 is 1.44 bits per heavy atom. The van der Waals surface area contributed by atoms with Crippen LogP contribution in [0.4, 0.5) is 13.2 Å². The summed E-state index contributed by atoms with van der Waals surface area (Å²) in [7, 11) is 1.70. The molecule has 6 nitrogen and oxygen atoms in total. The van der Waals surface area contributed by atoms with Gasteiger partial charge < -0.3 is 10.3 Å². The van der Waals surface area contributed by atoms with Gasteiger partial charge in [0.05, 0.1) is 12.2 Å². The van der Waals surface area contributed by atoms with E-state index in [9.17, 15) is 13.2 Å². The number of hydrogen-bond acceptors (Lipinski definition) is 5. The van der Waals surface area contributed by atoms with Crippen molar-refractivity contribution in [1.29, 1.82) is 0 Å². The molecule has 2 aromatic rings. The Labute approximate surface area is 99.6 Å². The monoisotopic (exact) mass is 261 g/mol. The van der Waals surface area contributed by atoms with E-state index < -0.39 is 18.1 Å². The summed E-state index contributed by atoms with van der Waals surface area (Å²) < 4.78 is 42.6. The third kappa shape index (κ3) is 2.08. The molecule has 2 heterocycles. The Morgan fingerprint density at radius 2 is 2.11 bits per heavy atom. The van der Waals surface area contributed by atoms with Gasteiger partial charge in [-0.25, -0.2) is 0 Å². The summed E-state index contributed by atoms with van der Waals surface area (Å²) in [6.45, 7) is 1.74. The van der Waals surface area contributed by atoms with Crippen LogP contribution < -0.4 is 5.73 Å². The van der Waals surface area contributed by atoms with Gasteiger partial charge in [-0.05, 0) is 6.92 Å².